The van der Waals surface area contributed by atoms with Gasteiger partial charge in [-0.25, -0.2) is 0 Å². The monoisotopic (exact) mass is 846 g/mol. The van der Waals surface area contributed by atoms with Crippen molar-refractivity contribution in [1.82, 2.24) is 5.32 Å². The summed E-state index contributed by atoms with van der Waals surface area (Å²) in [6.45, 7) is 4.82. The van der Waals surface area contributed by atoms with Crippen molar-refractivity contribution in [2.45, 2.75) is 296 Å². The Labute approximate surface area is 373 Å². The van der Waals surface area contributed by atoms with E-state index in [1.165, 1.54) is 186 Å². The summed E-state index contributed by atoms with van der Waals surface area (Å²) in [6.07, 6.45) is 59.0. The Balaban J connectivity index is 3.55. The molecule has 0 aromatic heterocycles. The van der Waals surface area contributed by atoms with Gasteiger partial charge in [0.15, 0.2) is 0 Å². The highest BCUT2D eigenvalue weighted by Gasteiger charge is 2.17. The lowest BCUT2D eigenvalue weighted by molar-refractivity contribution is -0.143. The number of hydrogen-bond acceptors (Lipinski definition) is 5. The summed E-state index contributed by atoms with van der Waals surface area (Å²) in [5, 5.41) is 23.0. The molecule has 0 fully saturated rings. The number of aliphatic hydroxyl groups excluding tert-OH is 2. The predicted octanol–water partition coefficient (Wildman–Crippen LogP) is 15.9. The van der Waals surface area contributed by atoms with Gasteiger partial charge in [0.25, 0.3) is 0 Å². The molecule has 1 amide bonds. The SMILES string of the molecule is CCCCCCCCCCCCCCCCC/C=C/C(O)C(CO)NC(=O)CCC/C=C\CCCCCCOC(=O)CCCCCCCCCCCCCCCCCCC. The molecule has 0 aromatic rings. The minimum absolute atomic E-state index is 0.0341. The molecule has 0 spiro atoms. The van der Waals surface area contributed by atoms with E-state index in [2.05, 4.69) is 31.3 Å². The Morgan fingerprint density at radius 3 is 1.22 bits per heavy atom. The van der Waals surface area contributed by atoms with Crippen LogP contribution in [0.25, 0.3) is 0 Å². The molecule has 6 nitrogen and oxygen atoms in total. The first-order chi connectivity index (χ1) is 29.5. The Morgan fingerprint density at radius 2 is 0.800 bits per heavy atom. The molecule has 0 aliphatic carbocycles. The first-order valence-corrected chi connectivity index (χ1v) is 26.6. The van der Waals surface area contributed by atoms with Crippen LogP contribution >= 0.6 is 0 Å². The van der Waals surface area contributed by atoms with E-state index in [1.54, 1.807) is 6.08 Å². The van der Waals surface area contributed by atoms with Gasteiger partial charge in [-0.3, -0.25) is 9.59 Å². The van der Waals surface area contributed by atoms with Crippen LogP contribution in [-0.4, -0.2) is 47.4 Å². The van der Waals surface area contributed by atoms with Crippen LogP contribution in [0.3, 0.4) is 0 Å². The number of amides is 1. The Kier molecular flexibility index (Phi) is 48.6. The standard InChI is InChI=1S/C54H103NO5/c1-3-5-7-9-11-13-15-17-19-21-23-25-27-30-34-38-42-46-52(57)51(50-56)55-53(58)47-43-39-35-31-29-33-37-41-45-49-60-54(59)48-44-40-36-32-28-26-24-22-20-18-16-14-12-10-8-6-4-2/h31,35,42,46,51-52,56-57H,3-30,32-34,36-41,43-45,47-50H2,1-2H3,(H,55,58)/b35-31-,46-42+. The van der Waals surface area contributed by atoms with Crippen LogP contribution in [-0.2, 0) is 14.3 Å². The van der Waals surface area contributed by atoms with Crippen molar-refractivity contribution in [3.8, 4) is 0 Å². The van der Waals surface area contributed by atoms with E-state index < -0.39 is 12.1 Å². The van der Waals surface area contributed by atoms with Gasteiger partial charge in [-0.15, -0.1) is 0 Å². The zero-order chi connectivity index (χ0) is 43.7. The Bertz CT molecular complexity index is 935. The third-order valence-electron chi connectivity index (χ3n) is 12.2. The molecule has 0 bridgehead atoms. The maximum absolute atomic E-state index is 12.4. The quantitative estimate of drug-likeness (QED) is 0.0322. The zero-order valence-electron chi connectivity index (χ0n) is 40.2. The molecule has 0 rings (SSSR count). The lowest BCUT2D eigenvalue weighted by atomic mass is 10.0. The van der Waals surface area contributed by atoms with Crippen molar-refractivity contribution >= 4 is 11.9 Å². The molecule has 3 N–H and O–H groups in total. The molecule has 0 heterocycles. The van der Waals surface area contributed by atoms with Gasteiger partial charge in [0.2, 0.25) is 5.91 Å². The number of aliphatic hydroxyl groups is 2. The second-order valence-corrected chi connectivity index (χ2v) is 18.2. The minimum Gasteiger partial charge on any atom is -0.466 e. The molecule has 0 saturated heterocycles. The van der Waals surface area contributed by atoms with E-state index in [1.807, 2.05) is 6.08 Å². The average Bonchev–Trinajstić information content (AvgIpc) is 3.25. The highest BCUT2D eigenvalue weighted by molar-refractivity contribution is 5.76. The number of hydrogen-bond donors (Lipinski definition) is 3. The maximum Gasteiger partial charge on any atom is 0.305 e. The zero-order valence-corrected chi connectivity index (χ0v) is 40.2. The normalized spacial score (nSPS) is 12.8. The van der Waals surface area contributed by atoms with Crippen molar-refractivity contribution in [2.75, 3.05) is 13.2 Å². The number of ether oxygens (including phenoxy) is 1. The van der Waals surface area contributed by atoms with Crippen LogP contribution in [0.15, 0.2) is 24.3 Å². The lowest BCUT2D eigenvalue weighted by Gasteiger charge is -2.19. The first kappa shape index (κ1) is 58.3. The molecule has 2 unspecified atom stereocenters. The average molecular weight is 846 g/mol. The van der Waals surface area contributed by atoms with Gasteiger partial charge in [-0.1, -0.05) is 244 Å². The molecule has 0 aliphatic heterocycles. The fourth-order valence-corrected chi connectivity index (χ4v) is 8.11. The topological polar surface area (TPSA) is 95.9 Å². The second kappa shape index (κ2) is 50.0. The number of carbonyl (C=O) groups is 2. The van der Waals surface area contributed by atoms with Gasteiger partial charge in [-0.05, 0) is 51.4 Å². The van der Waals surface area contributed by atoms with Crippen LogP contribution in [0.4, 0.5) is 0 Å². The van der Waals surface area contributed by atoms with E-state index >= 15 is 0 Å². The van der Waals surface area contributed by atoms with Gasteiger partial charge in [0, 0.05) is 12.8 Å². The maximum atomic E-state index is 12.4. The van der Waals surface area contributed by atoms with E-state index in [9.17, 15) is 19.8 Å². The van der Waals surface area contributed by atoms with Crippen LogP contribution in [0.2, 0.25) is 0 Å². The second-order valence-electron chi connectivity index (χ2n) is 18.2. The number of allylic oxidation sites excluding steroid dienone is 3. The van der Waals surface area contributed by atoms with Crippen LogP contribution in [0.5, 0.6) is 0 Å². The largest absolute Gasteiger partial charge is 0.466 e. The van der Waals surface area contributed by atoms with Gasteiger partial charge < -0.3 is 20.3 Å². The van der Waals surface area contributed by atoms with Crippen molar-refractivity contribution in [2.24, 2.45) is 0 Å². The smallest absolute Gasteiger partial charge is 0.305 e. The van der Waals surface area contributed by atoms with Gasteiger partial charge >= 0.3 is 5.97 Å². The molecule has 0 aromatic carbocycles. The molecule has 0 radical (unpaired) electrons. The van der Waals surface area contributed by atoms with Gasteiger partial charge in [-0.2, -0.15) is 0 Å². The predicted molar refractivity (Wildman–Crippen MR) is 260 cm³/mol. The molecular formula is C54H103NO5. The molecule has 0 saturated carbocycles. The number of rotatable bonds is 49. The number of esters is 1. The molecule has 0 aliphatic rings. The van der Waals surface area contributed by atoms with Crippen molar-refractivity contribution in [3.63, 3.8) is 0 Å². The summed E-state index contributed by atoms with van der Waals surface area (Å²) in [6, 6.07) is -0.664. The van der Waals surface area contributed by atoms with Crippen molar-refractivity contribution in [3.05, 3.63) is 24.3 Å². The molecular weight excluding hydrogens is 743 g/mol. The highest BCUT2D eigenvalue weighted by atomic mass is 16.5. The number of nitrogens with one attached hydrogen (secondary N) is 1. The van der Waals surface area contributed by atoms with Crippen LogP contribution in [0, 0.1) is 0 Å². The number of unbranched alkanes of at least 4 members (excludes halogenated alkanes) is 36. The van der Waals surface area contributed by atoms with Gasteiger partial charge in [0.05, 0.1) is 25.4 Å². The Morgan fingerprint density at radius 1 is 0.450 bits per heavy atom. The number of carbonyl (C=O) groups excluding carboxylic acids is 2. The van der Waals surface area contributed by atoms with E-state index in [4.69, 9.17) is 4.74 Å². The van der Waals surface area contributed by atoms with Crippen LogP contribution < -0.4 is 5.32 Å². The van der Waals surface area contributed by atoms with Gasteiger partial charge in [0.1, 0.15) is 0 Å². The summed E-state index contributed by atoms with van der Waals surface area (Å²) < 4.78 is 5.45. The third-order valence-corrected chi connectivity index (χ3v) is 12.2. The summed E-state index contributed by atoms with van der Waals surface area (Å²) >= 11 is 0. The highest BCUT2D eigenvalue weighted by Crippen LogP contribution is 2.16. The minimum atomic E-state index is -0.874. The summed E-state index contributed by atoms with van der Waals surface area (Å²) in [4.78, 5) is 24.5. The van der Waals surface area contributed by atoms with Crippen molar-refractivity contribution in [1.29, 1.82) is 0 Å². The fourth-order valence-electron chi connectivity index (χ4n) is 8.11. The summed E-state index contributed by atoms with van der Waals surface area (Å²) in [7, 11) is 0. The molecule has 2 atom stereocenters. The third kappa shape index (κ3) is 45.9. The van der Waals surface area contributed by atoms with E-state index in [0.29, 0.717) is 19.4 Å². The molecule has 6 heteroatoms. The summed E-state index contributed by atoms with van der Waals surface area (Å²) in [5.74, 6) is -0.161. The van der Waals surface area contributed by atoms with Crippen molar-refractivity contribution < 1.29 is 24.5 Å². The Hall–Kier alpha value is -1.66. The first-order valence-electron chi connectivity index (χ1n) is 26.6. The fraction of sp³-hybridized carbons (Fsp3) is 0.889. The van der Waals surface area contributed by atoms with E-state index in [-0.39, 0.29) is 18.5 Å². The van der Waals surface area contributed by atoms with E-state index in [0.717, 1.165) is 70.6 Å². The van der Waals surface area contributed by atoms with Crippen LogP contribution in [0.1, 0.15) is 284 Å². The lowest BCUT2D eigenvalue weighted by Crippen LogP contribution is -2.45. The molecule has 354 valence electrons. The summed E-state index contributed by atoms with van der Waals surface area (Å²) in [5.41, 5.74) is 0. The molecule has 60 heavy (non-hydrogen) atoms.